The van der Waals surface area contributed by atoms with Gasteiger partial charge in [-0.25, -0.2) is 0 Å². The molecule has 0 saturated carbocycles. The van der Waals surface area contributed by atoms with Gasteiger partial charge in [0.2, 0.25) is 0 Å². The maximum absolute atomic E-state index is 12.6. The highest BCUT2D eigenvalue weighted by Crippen LogP contribution is 2.33. The average molecular weight is 303 g/mol. The molecule has 2 rings (SSSR count). The van der Waals surface area contributed by atoms with E-state index in [0.29, 0.717) is 6.54 Å². The van der Waals surface area contributed by atoms with E-state index in [1.807, 2.05) is 30.0 Å². The topological polar surface area (TPSA) is 17.0 Å². The van der Waals surface area contributed by atoms with Gasteiger partial charge in [0.25, 0.3) is 0 Å². The largest absolute Gasteiger partial charge is 0.416 e. The SMILES string of the molecule is CCn1ccc(CNc2cc(C(F)(F)F)ccc2Cl)c1. The number of halogens is 4. The van der Waals surface area contributed by atoms with Crippen molar-refractivity contribution in [3.8, 4) is 0 Å². The Bertz CT molecular complexity index is 590. The van der Waals surface area contributed by atoms with Crippen LogP contribution in [0.3, 0.4) is 0 Å². The van der Waals surface area contributed by atoms with Crippen molar-refractivity contribution in [3.63, 3.8) is 0 Å². The molecule has 0 unspecified atom stereocenters. The maximum Gasteiger partial charge on any atom is 0.416 e. The average Bonchev–Trinajstić information content (AvgIpc) is 2.84. The molecule has 108 valence electrons. The quantitative estimate of drug-likeness (QED) is 0.859. The van der Waals surface area contributed by atoms with Gasteiger partial charge < -0.3 is 9.88 Å². The first-order valence-electron chi connectivity index (χ1n) is 6.15. The van der Waals surface area contributed by atoms with Gasteiger partial charge in [-0.2, -0.15) is 13.2 Å². The molecule has 1 heterocycles. The predicted octanol–water partition coefficient (Wildman–Crippen LogP) is 4.79. The molecule has 0 amide bonds. The highest BCUT2D eigenvalue weighted by Gasteiger charge is 2.30. The van der Waals surface area contributed by atoms with Crippen LogP contribution in [-0.4, -0.2) is 4.57 Å². The van der Waals surface area contributed by atoms with Crippen molar-refractivity contribution in [2.75, 3.05) is 5.32 Å². The minimum Gasteiger partial charge on any atom is -0.380 e. The van der Waals surface area contributed by atoms with Crippen molar-refractivity contribution in [2.45, 2.75) is 26.2 Å². The van der Waals surface area contributed by atoms with E-state index in [0.717, 1.165) is 24.2 Å². The zero-order valence-electron chi connectivity index (χ0n) is 10.8. The molecule has 0 aliphatic rings. The summed E-state index contributed by atoms with van der Waals surface area (Å²) >= 11 is 5.91. The number of aryl methyl sites for hydroxylation is 1. The van der Waals surface area contributed by atoms with Gasteiger partial charge >= 0.3 is 6.18 Å². The van der Waals surface area contributed by atoms with Gasteiger partial charge in [0, 0.05) is 25.5 Å². The Morgan fingerprint density at radius 3 is 2.60 bits per heavy atom. The zero-order valence-corrected chi connectivity index (χ0v) is 11.6. The molecular formula is C14H14ClF3N2. The van der Waals surface area contributed by atoms with Gasteiger partial charge in [-0.15, -0.1) is 0 Å². The van der Waals surface area contributed by atoms with E-state index < -0.39 is 11.7 Å². The smallest absolute Gasteiger partial charge is 0.380 e. The van der Waals surface area contributed by atoms with Crippen LogP contribution in [0.15, 0.2) is 36.7 Å². The summed E-state index contributed by atoms with van der Waals surface area (Å²) in [5, 5.41) is 3.21. The summed E-state index contributed by atoms with van der Waals surface area (Å²) in [6.07, 6.45) is -0.508. The van der Waals surface area contributed by atoms with Crippen LogP contribution in [0, 0.1) is 0 Å². The third-order valence-corrected chi connectivity index (χ3v) is 3.28. The molecule has 0 atom stereocenters. The van der Waals surface area contributed by atoms with Crippen LogP contribution < -0.4 is 5.32 Å². The first-order chi connectivity index (χ1) is 9.40. The third-order valence-electron chi connectivity index (χ3n) is 2.95. The van der Waals surface area contributed by atoms with Gasteiger partial charge in [-0.3, -0.25) is 0 Å². The molecule has 0 fully saturated rings. The second kappa shape index (κ2) is 5.79. The standard InChI is InChI=1S/C14H14ClF3N2/c1-2-20-6-5-10(9-20)8-19-13-7-11(14(16,17)18)3-4-12(13)15/h3-7,9,19H,2,8H2,1H3. The normalized spacial score (nSPS) is 11.7. The monoisotopic (exact) mass is 302 g/mol. The molecule has 2 nitrogen and oxygen atoms in total. The molecule has 20 heavy (non-hydrogen) atoms. The van der Waals surface area contributed by atoms with Crippen LogP contribution in [-0.2, 0) is 19.3 Å². The molecule has 0 radical (unpaired) electrons. The van der Waals surface area contributed by atoms with Gasteiger partial charge in [-0.1, -0.05) is 11.6 Å². The lowest BCUT2D eigenvalue weighted by atomic mass is 10.2. The number of nitrogens with zero attached hydrogens (tertiary/aromatic N) is 1. The Morgan fingerprint density at radius 2 is 2.00 bits per heavy atom. The molecule has 0 saturated heterocycles. The van der Waals surface area contributed by atoms with Crippen LogP contribution in [0.2, 0.25) is 5.02 Å². The molecule has 0 bridgehead atoms. The summed E-state index contributed by atoms with van der Waals surface area (Å²) in [7, 11) is 0. The molecule has 1 aromatic heterocycles. The van der Waals surface area contributed by atoms with Crippen LogP contribution in [0.5, 0.6) is 0 Å². The molecular weight excluding hydrogens is 289 g/mol. The van der Waals surface area contributed by atoms with Crippen molar-refractivity contribution < 1.29 is 13.2 Å². The van der Waals surface area contributed by atoms with Crippen molar-refractivity contribution in [3.05, 3.63) is 52.8 Å². The first-order valence-corrected chi connectivity index (χ1v) is 6.53. The fraction of sp³-hybridized carbons (Fsp3) is 0.286. The van der Waals surface area contributed by atoms with Crippen molar-refractivity contribution in [1.82, 2.24) is 4.57 Å². The molecule has 1 N–H and O–H groups in total. The number of benzene rings is 1. The highest BCUT2D eigenvalue weighted by molar-refractivity contribution is 6.33. The second-order valence-corrected chi connectivity index (χ2v) is 4.80. The highest BCUT2D eigenvalue weighted by atomic mass is 35.5. The van der Waals surface area contributed by atoms with Crippen molar-refractivity contribution in [1.29, 1.82) is 0 Å². The molecule has 0 aliphatic carbocycles. The summed E-state index contributed by atoms with van der Waals surface area (Å²) < 4.78 is 39.9. The van der Waals surface area contributed by atoms with Gasteiger partial charge in [0.1, 0.15) is 0 Å². The maximum atomic E-state index is 12.6. The van der Waals surface area contributed by atoms with E-state index in [2.05, 4.69) is 5.32 Å². The minimum atomic E-state index is -4.37. The van der Waals surface area contributed by atoms with E-state index in [4.69, 9.17) is 11.6 Å². The van der Waals surface area contributed by atoms with Crippen LogP contribution in [0.1, 0.15) is 18.1 Å². The van der Waals surface area contributed by atoms with E-state index in [1.165, 1.54) is 6.07 Å². The molecule has 0 spiro atoms. The zero-order chi connectivity index (χ0) is 14.8. The lowest BCUT2D eigenvalue weighted by Crippen LogP contribution is -2.06. The lowest BCUT2D eigenvalue weighted by Gasteiger charge is -2.12. The van der Waals surface area contributed by atoms with Crippen molar-refractivity contribution >= 4 is 17.3 Å². The Morgan fingerprint density at radius 1 is 1.25 bits per heavy atom. The summed E-state index contributed by atoms with van der Waals surface area (Å²) in [6, 6.07) is 5.17. The predicted molar refractivity (Wildman–Crippen MR) is 73.9 cm³/mol. The second-order valence-electron chi connectivity index (χ2n) is 4.40. The number of nitrogens with one attached hydrogen (secondary N) is 1. The molecule has 0 aliphatic heterocycles. The fourth-order valence-corrected chi connectivity index (χ4v) is 2.01. The summed E-state index contributed by atoms with van der Waals surface area (Å²) in [5.74, 6) is 0. The van der Waals surface area contributed by atoms with E-state index in [9.17, 15) is 13.2 Å². The lowest BCUT2D eigenvalue weighted by molar-refractivity contribution is -0.137. The number of anilines is 1. The van der Waals surface area contributed by atoms with Crippen LogP contribution in [0.4, 0.5) is 18.9 Å². The van der Waals surface area contributed by atoms with E-state index in [-0.39, 0.29) is 10.7 Å². The fourth-order valence-electron chi connectivity index (χ4n) is 1.83. The van der Waals surface area contributed by atoms with E-state index >= 15 is 0 Å². The Kier molecular flexibility index (Phi) is 4.28. The third kappa shape index (κ3) is 3.48. The summed E-state index contributed by atoms with van der Waals surface area (Å²) in [4.78, 5) is 0. The number of alkyl halides is 3. The molecule has 1 aromatic carbocycles. The number of aromatic nitrogens is 1. The number of rotatable bonds is 4. The van der Waals surface area contributed by atoms with Crippen molar-refractivity contribution in [2.24, 2.45) is 0 Å². The minimum absolute atomic E-state index is 0.271. The van der Waals surface area contributed by atoms with Gasteiger partial charge in [0.15, 0.2) is 0 Å². The van der Waals surface area contributed by atoms with Gasteiger partial charge in [0.05, 0.1) is 16.3 Å². The number of hydrogen-bond donors (Lipinski definition) is 1. The summed E-state index contributed by atoms with van der Waals surface area (Å²) in [5.41, 5.74) is 0.557. The van der Waals surface area contributed by atoms with E-state index in [1.54, 1.807) is 0 Å². The van der Waals surface area contributed by atoms with Gasteiger partial charge in [-0.05, 0) is 36.8 Å². The van der Waals surface area contributed by atoms with Crippen LogP contribution >= 0.6 is 11.6 Å². The Hall–Kier alpha value is -1.62. The molecule has 2 aromatic rings. The molecule has 6 heteroatoms. The summed E-state index contributed by atoms with van der Waals surface area (Å²) in [6.45, 7) is 3.29. The van der Waals surface area contributed by atoms with Crippen LogP contribution in [0.25, 0.3) is 0 Å². The Labute approximate surface area is 120 Å². The number of hydrogen-bond acceptors (Lipinski definition) is 1. The Balaban J connectivity index is 2.12. The first kappa shape index (κ1) is 14.8.